The van der Waals surface area contributed by atoms with Crippen LogP contribution in [0.15, 0.2) is 53.0 Å². The first-order valence-corrected chi connectivity index (χ1v) is 8.35. The second-order valence-corrected chi connectivity index (χ2v) is 6.35. The maximum atomic E-state index is 12.8. The molecule has 6 nitrogen and oxygen atoms in total. The van der Waals surface area contributed by atoms with Crippen molar-refractivity contribution in [2.24, 2.45) is 0 Å². The van der Waals surface area contributed by atoms with Crippen molar-refractivity contribution in [3.8, 4) is 5.75 Å². The average Bonchev–Trinajstić information content (AvgIpc) is 2.59. The van der Waals surface area contributed by atoms with Crippen LogP contribution in [0.3, 0.4) is 0 Å². The molecule has 2 N–H and O–H groups in total. The number of anilines is 1. The van der Waals surface area contributed by atoms with Crippen LogP contribution in [0.2, 0.25) is 0 Å². The minimum Gasteiger partial charge on any atom is -0.497 e. The number of carbonyl (C=O) groups is 2. The van der Waals surface area contributed by atoms with Crippen LogP contribution < -0.4 is 15.0 Å². The van der Waals surface area contributed by atoms with Gasteiger partial charge in [0, 0.05) is 23.6 Å². The molecule has 0 aromatic heterocycles. The van der Waals surface area contributed by atoms with Gasteiger partial charge in [-0.3, -0.25) is 4.79 Å². The van der Waals surface area contributed by atoms with Gasteiger partial charge in [0.25, 0.3) is 0 Å². The zero-order valence-electron chi connectivity index (χ0n) is 13.9. The molecule has 2 aromatic rings. The Kier molecular flexibility index (Phi) is 6.41. The summed E-state index contributed by atoms with van der Waals surface area (Å²) in [5, 5.41) is 11.4. The lowest BCUT2D eigenvalue weighted by Gasteiger charge is -2.24. The number of rotatable bonds is 6. The molecule has 0 saturated heterocycles. The van der Waals surface area contributed by atoms with Crippen molar-refractivity contribution in [2.45, 2.75) is 12.5 Å². The molecule has 0 saturated carbocycles. The Hall–Kier alpha value is -2.54. The number of benzene rings is 2. The molecule has 2 aromatic carbocycles. The van der Waals surface area contributed by atoms with Crippen LogP contribution in [0.4, 0.5) is 10.5 Å². The predicted octanol–water partition coefficient (Wildman–Crippen LogP) is 3.30. The lowest BCUT2D eigenvalue weighted by Crippen LogP contribution is -2.48. The number of halogens is 1. The molecule has 0 radical (unpaired) electrons. The number of methoxy groups -OCH3 is 1. The van der Waals surface area contributed by atoms with E-state index in [1.54, 1.807) is 38.4 Å². The van der Waals surface area contributed by atoms with Crippen LogP contribution in [0.1, 0.15) is 5.56 Å². The average molecular weight is 407 g/mol. The van der Waals surface area contributed by atoms with Crippen LogP contribution in [-0.4, -0.2) is 37.3 Å². The summed E-state index contributed by atoms with van der Waals surface area (Å²) in [7, 11) is 3.18. The molecule has 0 spiro atoms. The number of carbonyl (C=O) groups excluding carboxylic acids is 1. The summed E-state index contributed by atoms with van der Waals surface area (Å²) in [6.07, 6.45) is -0.984. The Morgan fingerprint density at radius 1 is 1.24 bits per heavy atom. The largest absolute Gasteiger partial charge is 0.497 e. The normalized spacial score (nSPS) is 11.5. The van der Waals surface area contributed by atoms with Crippen LogP contribution in [0.5, 0.6) is 5.75 Å². The number of hydrogen-bond acceptors (Lipinski definition) is 3. The van der Waals surface area contributed by atoms with Crippen LogP contribution in [-0.2, 0) is 11.2 Å². The third-order valence-electron chi connectivity index (χ3n) is 3.71. The van der Waals surface area contributed by atoms with E-state index >= 15 is 0 Å². The van der Waals surface area contributed by atoms with Gasteiger partial charge in [-0.15, -0.1) is 0 Å². The molecule has 132 valence electrons. The van der Waals surface area contributed by atoms with Crippen molar-refractivity contribution in [1.29, 1.82) is 0 Å². The number of hydrogen-bond donors (Lipinski definition) is 2. The molecule has 1 unspecified atom stereocenters. The molecule has 0 heterocycles. The highest BCUT2D eigenvalue weighted by atomic mass is 79.9. The van der Waals surface area contributed by atoms with Gasteiger partial charge in [0.15, 0.2) is 0 Å². The van der Waals surface area contributed by atoms with Crippen LogP contribution >= 0.6 is 15.9 Å². The molecular formula is C18H19BrN2O4. The van der Waals surface area contributed by atoms with Gasteiger partial charge in [-0.2, -0.15) is 0 Å². The highest BCUT2D eigenvalue weighted by Gasteiger charge is 2.25. The number of likely N-dealkylation sites (N-methyl/N-ethyl adjacent to an activating group) is 1. The van der Waals surface area contributed by atoms with Gasteiger partial charge >= 0.3 is 6.09 Å². The summed E-state index contributed by atoms with van der Waals surface area (Å²) < 4.78 is 5.97. The Morgan fingerprint density at radius 2 is 1.92 bits per heavy atom. The number of ether oxygens (including phenoxy) is 1. The standard InChI is InChI=1S/C18H19BrN2O4/c1-21(14-6-8-15(25-2)9-7-14)17(22)16(20-18(23)24)11-12-4-3-5-13(19)10-12/h3-10,16,20H,11H2,1-2H3,(H,23,24). The molecule has 0 fully saturated rings. The van der Waals surface area contributed by atoms with Gasteiger partial charge in [0.05, 0.1) is 7.11 Å². The van der Waals surface area contributed by atoms with Crippen LogP contribution in [0.25, 0.3) is 0 Å². The van der Waals surface area contributed by atoms with E-state index in [2.05, 4.69) is 21.2 Å². The number of nitrogens with zero attached hydrogens (tertiary/aromatic N) is 1. The molecule has 0 aliphatic carbocycles. The summed E-state index contributed by atoms with van der Waals surface area (Å²) in [4.78, 5) is 25.3. The third kappa shape index (κ3) is 5.22. The minimum absolute atomic E-state index is 0.255. The summed E-state index contributed by atoms with van der Waals surface area (Å²) >= 11 is 3.38. The zero-order chi connectivity index (χ0) is 18.4. The second kappa shape index (κ2) is 8.53. The number of amides is 2. The maximum absolute atomic E-state index is 12.8. The molecule has 0 aliphatic rings. The minimum atomic E-state index is -1.24. The molecule has 1 atom stereocenters. The Morgan fingerprint density at radius 3 is 2.48 bits per heavy atom. The highest BCUT2D eigenvalue weighted by molar-refractivity contribution is 9.10. The molecule has 0 aliphatic heterocycles. The molecular weight excluding hydrogens is 388 g/mol. The van der Waals surface area contributed by atoms with E-state index in [1.165, 1.54) is 4.90 Å². The van der Waals surface area contributed by atoms with E-state index in [0.717, 1.165) is 10.0 Å². The SMILES string of the molecule is COc1ccc(N(C)C(=O)C(Cc2cccc(Br)c2)NC(=O)O)cc1. The maximum Gasteiger partial charge on any atom is 0.405 e. The van der Waals surface area contributed by atoms with Crippen LogP contribution in [0, 0.1) is 0 Å². The fourth-order valence-electron chi connectivity index (χ4n) is 2.42. The lowest BCUT2D eigenvalue weighted by atomic mass is 10.0. The van der Waals surface area contributed by atoms with Crippen molar-refractivity contribution in [1.82, 2.24) is 5.32 Å². The lowest BCUT2D eigenvalue weighted by molar-refractivity contribution is -0.120. The summed E-state index contributed by atoms with van der Waals surface area (Å²) in [6, 6.07) is 13.5. The fourth-order valence-corrected chi connectivity index (χ4v) is 2.86. The van der Waals surface area contributed by atoms with Crippen molar-refractivity contribution in [3.05, 3.63) is 58.6 Å². The second-order valence-electron chi connectivity index (χ2n) is 5.43. The van der Waals surface area contributed by atoms with Gasteiger partial charge in [-0.25, -0.2) is 4.79 Å². The van der Waals surface area contributed by atoms with Crippen molar-refractivity contribution < 1.29 is 19.4 Å². The molecule has 7 heteroatoms. The van der Waals surface area contributed by atoms with Crippen molar-refractivity contribution in [3.63, 3.8) is 0 Å². The molecule has 2 rings (SSSR count). The Balaban J connectivity index is 2.19. The summed E-state index contributed by atoms with van der Waals surface area (Å²) in [5.41, 5.74) is 1.50. The molecule has 25 heavy (non-hydrogen) atoms. The van der Waals surface area contributed by atoms with E-state index in [9.17, 15) is 9.59 Å². The highest BCUT2D eigenvalue weighted by Crippen LogP contribution is 2.20. The van der Waals surface area contributed by atoms with Gasteiger partial charge in [-0.05, 0) is 42.0 Å². The predicted molar refractivity (Wildman–Crippen MR) is 99.2 cm³/mol. The first-order chi connectivity index (χ1) is 11.9. The van der Waals surface area contributed by atoms with E-state index in [1.807, 2.05) is 24.3 Å². The molecule has 0 bridgehead atoms. The van der Waals surface area contributed by atoms with E-state index in [-0.39, 0.29) is 12.3 Å². The van der Waals surface area contributed by atoms with E-state index < -0.39 is 12.1 Å². The fraction of sp³-hybridized carbons (Fsp3) is 0.222. The Bertz CT molecular complexity index is 749. The first kappa shape index (κ1) is 18.8. The smallest absolute Gasteiger partial charge is 0.405 e. The van der Waals surface area contributed by atoms with E-state index in [4.69, 9.17) is 9.84 Å². The van der Waals surface area contributed by atoms with Crippen molar-refractivity contribution in [2.75, 3.05) is 19.1 Å². The summed E-state index contributed by atoms with van der Waals surface area (Å²) in [6.45, 7) is 0. The van der Waals surface area contributed by atoms with Gasteiger partial charge in [0.2, 0.25) is 5.91 Å². The third-order valence-corrected chi connectivity index (χ3v) is 4.21. The van der Waals surface area contributed by atoms with Crippen molar-refractivity contribution >= 4 is 33.6 Å². The van der Waals surface area contributed by atoms with E-state index in [0.29, 0.717) is 11.4 Å². The number of carboxylic acid groups (broad SMARTS) is 1. The topological polar surface area (TPSA) is 78.9 Å². The monoisotopic (exact) mass is 406 g/mol. The van der Waals surface area contributed by atoms with Gasteiger partial charge in [-0.1, -0.05) is 28.1 Å². The van der Waals surface area contributed by atoms with Gasteiger partial charge in [0.1, 0.15) is 11.8 Å². The summed E-state index contributed by atoms with van der Waals surface area (Å²) in [5.74, 6) is 0.339. The molecule has 2 amide bonds. The first-order valence-electron chi connectivity index (χ1n) is 7.56. The Labute approximate surface area is 154 Å². The number of nitrogens with one attached hydrogen (secondary N) is 1. The quantitative estimate of drug-likeness (QED) is 0.771. The zero-order valence-corrected chi connectivity index (χ0v) is 15.5. The van der Waals surface area contributed by atoms with Gasteiger partial charge < -0.3 is 20.1 Å².